The van der Waals surface area contributed by atoms with Crippen LogP contribution < -0.4 is 0 Å². The van der Waals surface area contributed by atoms with Gasteiger partial charge in [0, 0.05) is 13.0 Å². The summed E-state index contributed by atoms with van der Waals surface area (Å²) in [4.78, 5) is 4.53. The maximum atomic E-state index is 4.53. The number of hydrogen-bond donors (Lipinski definition) is 0. The van der Waals surface area contributed by atoms with E-state index in [1.807, 2.05) is 24.6 Å². The fraction of sp³-hybridized carbons (Fsp3) is 0.500. The van der Waals surface area contributed by atoms with E-state index in [4.69, 9.17) is 0 Å². The van der Waals surface area contributed by atoms with Crippen LogP contribution in [0.15, 0.2) is 6.07 Å². The molecule has 0 aliphatic carbocycles. The Hall–Kier alpha value is -1.45. The highest BCUT2D eigenvalue weighted by molar-refractivity contribution is 5.71. The molecule has 2 aromatic heterocycles. The largest absolute Gasteiger partial charge is 0.314 e. The number of aryl methyl sites for hydroxylation is 2. The first-order valence-corrected chi connectivity index (χ1v) is 4.76. The molecule has 0 aromatic carbocycles. The molecule has 0 atom stereocenters. The third-order valence-electron chi connectivity index (χ3n) is 2.29. The smallest absolute Gasteiger partial charge is 0.182 e. The van der Waals surface area contributed by atoms with E-state index in [2.05, 4.69) is 29.0 Å². The van der Waals surface area contributed by atoms with Gasteiger partial charge >= 0.3 is 0 Å². The van der Waals surface area contributed by atoms with Gasteiger partial charge in [-0.05, 0) is 13.0 Å². The fourth-order valence-corrected chi connectivity index (χ4v) is 1.61. The van der Waals surface area contributed by atoms with Crippen molar-refractivity contribution < 1.29 is 0 Å². The molecule has 0 amide bonds. The molecule has 74 valence electrons. The maximum Gasteiger partial charge on any atom is 0.182 e. The fourth-order valence-electron chi connectivity index (χ4n) is 1.61. The van der Waals surface area contributed by atoms with Crippen molar-refractivity contribution in [2.24, 2.45) is 7.05 Å². The summed E-state index contributed by atoms with van der Waals surface area (Å²) in [7, 11) is 1.98. The van der Waals surface area contributed by atoms with E-state index in [1.54, 1.807) is 0 Å². The zero-order valence-corrected chi connectivity index (χ0v) is 8.94. The highest BCUT2D eigenvalue weighted by Crippen LogP contribution is 2.18. The first-order valence-electron chi connectivity index (χ1n) is 4.76. The third-order valence-corrected chi connectivity index (χ3v) is 2.29. The standard InChI is InChI=1S/C10H14N4/c1-6(2)9-11-8-5-7(3)12-13-10(8)14(9)4/h5-6H,1-4H3. The van der Waals surface area contributed by atoms with Gasteiger partial charge in [0.25, 0.3) is 0 Å². The van der Waals surface area contributed by atoms with Gasteiger partial charge in [0.05, 0.1) is 5.69 Å². The van der Waals surface area contributed by atoms with Gasteiger partial charge in [0.2, 0.25) is 0 Å². The Labute approximate surface area is 83.0 Å². The molecule has 0 N–H and O–H groups in total. The van der Waals surface area contributed by atoms with Crippen molar-refractivity contribution in [1.29, 1.82) is 0 Å². The molecule has 2 aromatic rings. The highest BCUT2D eigenvalue weighted by atomic mass is 15.2. The minimum Gasteiger partial charge on any atom is -0.314 e. The summed E-state index contributed by atoms with van der Waals surface area (Å²) < 4.78 is 2.01. The van der Waals surface area contributed by atoms with E-state index >= 15 is 0 Å². The molecule has 0 spiro atoms. The van der Waals surface area contributed by atoms with E-state index in [-0.39, 0.29) is 0 Å². The Balaban J connectivity index is 2.73. The molecule has 4 heteroatoms. The Bertz CT molecular complexity index is 470. The third kappa shape index (κ3) is 1.27. The van der Waals surface area contributed by atoms with E-state index in [0.717, 1.165) is 22.7 Å². The molecule has 0 saturated carbocycles. The number of rotatable bonds is 1. The minimum absolute atomic E-state index is 0.412. The second-order valence-corrected chi connectivity index (χ2v) is 3.88. The van der Waals surface area contributed by atoms with Crippen LogP contribution in [-0.2, 0) is 7.05 Å². The second-order valence-electron chi connectivity index (χ2n) is 3.88. The quantitative estimate of drug-likeness (QED) is 0.688. The minimum atomic E-state index is 0.412. The number of imidazole rings is 1. The molecule has 0 bridgehead atoms. The molecule has 0 unspecified atom stereocenters. The highest BCUT2D eigenvalue weighted by Gasteiger charge is 2.11. The molecular formula is C10H14N4. The summed E-state index contributed by atoms with van der Waals surface area (Å²) >= 11 is 0. The average Bonchev–Trinajstić information content (AvgIpc) is 2.43. The van der Waals surface area contributed by atoms with E-state index in [0.29, 0.717) is 5.92 Å². The second kappa shape index (κ2) is 3.04. The molecule has 0 fully saturated rings. The predicted molar refractivity (Wildman–Crippen MR) is 55.1 cm³/mol. The van der Waals surface area contributed by atoms with Crippen LogP contribution in [0.4, 0.5) is 0 Å². The van der Waals surface area contributed by atoms with Crippen molar-refractivity contribution in [2.45, 2.75) is 26.7 Å². The van der Waals surface area contributed by atoms with Crippen LogP contribution in [0.25, 0.3) is 11.2 Å². The van der Waals surface area contributed by atoms with Gasteiger partial charge in [-0.15, -0.1) is 5.10 Å². The van der Waals surface area contributed by atoms with Crippen molar-refractivity contribution in [3.05, 3.63) is 17.6 Å². The van der Waals surface area contributed by atoms with Crippen LogP contribution in [0.1, 0.15) is 31.3 Å². The SMILES string of the molecule is Cc1cc2nc(C(C)C)n(C)c2nn1. The molecule has 14 heavy (non-hydrogen) atoms. The van der Waals surface area contributed by atoms with Gasteiger partial charge in [-0.2, -0.15) is 5.10 Å². The van der Waals surface area contributed by atoms with E-state index in [1.165, 1.54) is 0 Å². The topological polar surface area (TPSA) is 43.6 Å². The van der Waals surface area contributed by atoms with Crippen molar-refractivity contribution >= 4 is 11.2 Å². The summed E-state index contributed by atoms with van der Waals surface area (Å²) in [5.41, 5.74) is 2.70. The van der Waals surface area contributed by atoms with Crippen LogP contribution in [0.3, 0.4) is 0 Å². The Morgan fingerprint density at radius 1 is 1.29 bits per heavy atom. The molecule has 0 radical (unpaired) electrons. The summed E-state index contributed by atoms with van der Waals surface area (Å²) in [6, 6.07) is 1.97. The molecule has 0 saturated heterocycles. The maximum absolute atomic E-state index is 4.53. The van der Waals surface area contributed by atoms with Crippen molar-refractivity contribution in [3.63, 3.8) is 0 Å². The summed E-state index contributed by atoms with van der Waals surface area (Å²) in [5, 5.41) is 8.16. The van der Waals surface area contributed by atoms with Gasteiger partial charge in [0.1, 0.15) is 11.3 Å². The molecule has 2 heterocycles. The summed E-state index contributed by atoms with van der Waals surface area (Å²) in [5.74, 6) is 1.47. The number of hydrogen-bond acceptors (Lipinski definition) is 3. The lowest BCUT2D eigenvalue weighted by Crippen LogP contribution is -2.00. The summed E-state index contributed by atoms with van der Waals surface area (Å²) in [6.07, 6.45) is 0. The van der Waals surface area contributed by atoms with Crippen LogP contribution in [0.2, 0.25) is 0 Å². The summed E-state index contributed by atoms with van der Waals surface area (Å²) in [6.45, 7) is 6.18. The normalized spacial score (nSPS) is 11.5. The van der Waals surface area contributed by atoms with E-state index in [9.17, 15) is 0 Å². The lowest BCUT2D eigenvalue weighted by molar-refractivity contribution is 0.716. The number of nitrogens with zero attached hydrogens (tertiary/aromatic N) is 4. The van der Waals surface area contributed by atoms with E-state index < -0.39 is 0 Å². The van der Waals surface area contributed by atoms with Crippen molar-refractivity contribution in [2.75, 3.05) is 0 Å². The van der Waals surface area contributed by atoms with Crippen LogP contribution in [0.5, 0.6) is 0 Å². The molecule has 0 aliphatic heterocycles. The monoisotopic (exact) mass is 190 g/mol. The van der Waals surface area contributed by atoms with Gasteiger partial charge in [-0.3, -0.25) is 0 Å². The van der Waals surface area contributed by atoms with Crippen molar-refractivity contribution in [1.82, 2.24) is 19.7 Å². The zero-order chi connectivity index (χ0) is 10.3. The van der Waals surface area contributed by atoms with Crippen LogP contribution in [-0.4, -0.2) is 19.7 Å². The number of aromatic nitrogens is 4. The average molecular weight is 190 g/mol. The van der Waals surface area contributed by atoms with Crippen LogP contribution >= 0.6 is 0 Å². The van der Waals surface area contributed by atoms with Gasteiger partial charge < -0.3 is 4.57 Å². The van der Waals surface area contributed by atoms with Crippen molar-refractivity contribution in [3.8, 4) is 0 Å². The Kier molecular flexibility index (Phi) is 1.98. The van der Waals surface area contributed by atoms with Gasteiger partial charge in [-0.25, -0.2) is 4.98 Å². The predicted octanol–water partition coefficient (Wildman–Crippen LogP) is 1.80. The Morgan fingerprint density at radius 3 is 2.64 bits per heavy atom. The lowest BCUT2D eigenvalue weighted by Gasteiger charge is -2.03. The van der Waals surface area contributed by atoms with Gasteiger partial charge in [-0.1, -0.05) is 13.8 Å². The lowest BCUT2D eigenvalue weighted by atomic mass is 10.2. The zero-order valence-electron chi connectivity index (χ0n) is 8.94. The first kappa shape index (κ1) is 9.12. The first-order chi connectivity index (χ1) is 6.59. The van der Waals surface area contributed by atoms with Gasteiger partial charge in [0.15, 0.2) is 5.65 Å². The molecule has 0 aliphatic rings. The van der Waals surface area contributed by atoms with Crippen LogP contribution in [0, 0.1) is 6.92 Å². The molecule has 4 nitrogen and oxygen atoms in total. The molecular weight excluding hydrogens is 176 g/mol. The molecule has 2 rings (SSSR count). The number of fused-ring (bicyclic) bond motifs is 1. The Morgan fingerprint density at radius 2 is 2.00 bits per heavy atom.